The van der Waals surface area contributed by atoms with E-state index in [9.17, 15) is 21.6 Å². The highest BCUT2D eigenvalue weighted by atomic mass is 32.2. The number of carbonyl (C=O) groups excluding carboxylic acids is 1. The van der Waals surface area contributed by atoms with Crippen molar-refractivity contribution < 1.29 is 21.6 Å². The molecule has 0 fully saturated rings. The predicted molar refractivity (Wildman–Crippen MR) is 195 cm³/mol. The molecule has 0 aliphatic heterocycles. The summed E-state index contributed by atoms with van der Waals surface area (Å²) in [6, 6.07) is 40.7. The molecule has 0 aliphatic rings. The average molecular weight is 715 g/mol. The molecule has 49 heavy (non-hydrogen) atoms. The quantitative estimate of drug-likeness (QED) is 0.0607. The van der Waals surface area contributed by atoms with Crippen LogP contribution >= 0.6 is 11.9 Å². The summed E-state index contributed by atoms with van der Waals surface area (Å²) in [5.74, 6) is -0.258. The molecule has 6 N–H and O–H groups in total. The third kappa shape index (κ3) is 8.48. The van der Waals surface area contributed by atoms with Crippen LogP contribution in [0.5, 0.6) is 0 Å². The van der Waals surface area contributed by atoms with Crippen molar-refractivity contribution in [1.29, 1.82) is 0 Å². The van der Waals surface area contributed by atoms with E-state index in [0.717, 1.165) is 16.7 Å². The maximum absolute atomic E-state index is 13.0. The summed E-state index contributed by atoms with van der Waals surface area (Å²) in [5.41, 5.74) is 9.98. The van der Waals surface area contributed by atoms with Gasteiger partial charge in [0.05, 0.1) is 16.3 Å². The molecule has 5 aromatic rings. The van der Waals surface area contributed by atoms with E-state index in [4.69, 9.17) is 15.3 Å². The minimum atomic E-state index is -4.00. The second-order valence-electron chi connectivity index (χ2n) is 10.9. The van der Waals surface area contributed by atoms with Crippen LogP contribution in [-0.4, -0.2) is 47.2 Å². The highest BCUT2D eigenvalue weighted by Crippen LogP contribution is 2.49. The number of nitrogens with zero attached hydrogens (tertiary/aromatic N) is 2. The third-order valence-electron chi connectivity index (χ3n) is 7.47. The summed E-state index contributed by atoms with van der Waals surface area (Å²) in [6.45, 7) is -0.124. The first-order valence-corrected chi connectivity index (χ1v) is 18.6. The van der Waals surface area contributed by atoms with Gasteiger partial charge in [-0.3, -0.25) is 9.52 Å². The Kier molecular flexibility index (Phi) is 10.7. The van der Waals surface area contributed by atoms with Gasteiger partial charge < -0.3 is 16.0 Å². The Morgan fingerprint density at radius 1 is 0.694 bits per heavy atom. The molecule has 14 heteroatoms. The van der Waals surface area contributed by atoms with Crippen molar-refractivity contribution in [1.82, 2.24) is 4.90 Å². The van der Waals surface area contributed by atoms with E-state index in [1.54, 1.807) is 7.05 Å². The van der Waals surface area contributed by atoms with E-state index in [1.807, 2.05) is 54.6 Å². The molecule has 11 nitrogen and oxygen atoms in total. The Labute approximate surface area is 290 Å². The van der Waals surface area contributed by atoms with E-state index < -0.39 is 30.7 Å². The van der Waals surface area contributed by atoms with Crippen molar-refractivity contribution in [3.8, 4) is 0 Å². The summed E-state index contributed by atoms with van der Waals surface area (Å²) in [5, 5.41) is 7.84. The topological polar surface area (TPSA) is 177 Å². The highest BCUT2D eigenvalue weighted by Gasteiger charge is 2.38. The van der Waals surface area contributed by atoms with E-state index in [-0.39, 0.29) is 28.0 Å². The number of amides is 1. The fourth-order valence-corrected chi connectivity index (χ4v) is 7.67. The van der Waals surface area contributed by atoms with Gasteiger partial charge in [-0.25, -0.2) is 22.0 Å². The van der Waals surface area contributed by atoms with Crippen LogP contribution in [0.15, 0.2) is 154 Å². The molecule has 1 amide bonds. The van der Waals surface area contributed by atoms with Gasteiger partial charge in [0, 0.05) is 18.4 Å². The molecule has 0 aliphatic carbocycles. The summed E-state index contributed by atoms with van der Waals surface area (Å²) in [4.78, 5) is 14.3. The van der Waals surface area contributed by atoms with Crippen LogP contribution in [0.3, 0.4) is 0 Å². The SMILES string of the molecule is CN(CC(=O)Nc1ccc(S(=O)(=O)Nc2ccc(S(N)(=O)=O)cc2)cc1)/C(N)=N/SC(c1ccccc1)(c1ccccc1)c1ccccc1. The number of carbonyl (C=O) groups is 1. The number of benzene rings is 5. The van der Waals surface area contributed by atoms with Gasteiger partial charge in [-0.15, -0.1) is 0 Å². The molecule has 0 unspecified atom stereocenters. The highest BCUT2D eigenvalue weighted by molar-refractivity contribution is 7.99. The molecule has 0 spiro atoms. The number of hydrogen-bond acceptors (Lipinski definition) is 7. The number of anilines is 2. The Morgan fingerprint density at radius 3 is 1.57 bits per heavy atom. The third-order valence-corrected chi connectivity index (χ3v) is 11.1. The molecule has 0 bridgehead atoms. The van der Waals surface area contributed by atoms with Gasteiger partial charge in [0.15, 0.2) is 0 Å². The Hall–Kier alpha value is -5.15. The van der Waals surface area contributed by atoms with E-state index in [0.29, 0.717) is 5.69 Å². The fraction of sp³-hybridized carbons (Fsp3) is 0.0857. The second-order valence-corrected chi connectivity index (χ2v) is 15.1. The van der Waals surface area contributed by atoms with Crippen LogP contribution < -0.4 is 20.9 Å². The van der Waals surface area contributed by atoms with Crippen LogP contribution in [0.4, 0.5) is 11.4 Å². The lowest BCUT2D eigenvalue weighted by Crippen LogP contribution is -2.39. The molecular weight excluding hydrogens is 681 g/mol. The lowest BCUT2D eigenvalue weighted by atomic mass is 9.84. The Morgan fingerprint density at radius 2 is 1.12 bits per heavy atom. The minimum absolute atomic E-state index is 0.0646. The lowest BCUT2D eigenvalue weighted by molar-refractivity contribution is -0.116. The summed E-state index contributed by atoms with van der Waals surface area (Å²) >= 11 is 1.30. The first-order valence-electron chi connectivity index (χ1n) is 14.8. The molecule has 5 aromatic carbocycles. The standard InChI is InChI=1S/C35H34N6O5S3/c1-41(25-33(42)38-29-17-23-32(24-18-29)49(45,46)40-30-19-21-31(22-20-30)48(37,43)44)34(36)39-47-35(26-11-5-2-6-12-26,27-13-7-3-8-14-27)28-15-9-4-10-16-28/h2-24,40H,25H2,1H3,(H2,36,39)(H,38,42)(H2,37,43,44). The van der Waals surface area contributed by atoms with Crippen molar-refractivity contribution in [2.45, 2.75) is 14.5 Å². The minimum Gasteiger partial charge on any atom is -0.369 e. The molecule has 0 saturated carbocycles. The molecule has 0 radical (unpaired) electrons. The van der Waals surface area contributed by atoms with Crippen LogP contribution in [-0.2, 0) is 29.6 Å². The zero-order valence-corrected chi connectivity index (χ0v) is 28.8. The monoisotopic (exact) mass is 714 g/mol. The van der Waals surface area contributed by atoms with Crippen molar-refractivity contribution >= 4 is 55.2 Å². The number of rotatable bonds is 12. The largest absolute Gasteiger partial charge is 0.369 e. The van der Waals surface area contributed by atoms with Gasteiger partial charge >= 0.3 is 0 Å². The summed E-state index contributed by atoms with van der Waals surface area (Å²) in [7, 11) is -6.26. The van der Waals surface area contributed by atoms with Crippen molar-refractivity contribution in [3.63, 3.8) is 0 Å². The predicted octanol–water partition coefficient (Wildman–Crippen LogP) is 4.96. The van der Waals surface area contributed by atoms with Crippen molar-refractivity contribution in [3.05, 3.63) is 156 Å². The number of guanidine groups is 1. The van der Waals surface area contributed by atoms with Crippen LogP contribution in [0.25, 0.3) is 0 Å². The summed E-state index contributed by atoms with van der Waals surface area (Å²) < 4.78 is 55.0. The second kappa shape index (κ2) is 15.0. The number of sulfonamides is 2. The fourth-order valence-electron chi connectivity index (χ4n) is 5.00. The smallest absolute Gasteiger partial charge is 0.261 e. The number of nitrogens with two attached hydrogens (primary N) is 2. The molecule has 5 rings (SSSR count). The number of likely N-dealkylation sites (N-methyl/N-ethyl adjacent to an activating group) is 1. The van der Waals surface area contributed by atoms with E-state index in [1.165, 1.54) is 65.4 Å². The zero-order valence-electron chi connectivity index (χ0n) is 26.3. The van der Waals surface area contributed by atoms with Gasteiger partial charge in [0.25, 0.3) is 10.0 Å². The first-order chi connectivity index (χ1) is 23.4. The Balaban J connectivity index is 1.27. The van der Waals surface area contributed by atoms with Gasteiger partial charge in [0.1, 0.15) is 4.75 Å². The molecular formula is C35H34N6O5S3. The van der Waals surface area contributed by atoms with Crippen LogP contribution in [0.2, 0.25) is 0 Å². The molecule has 0 saturated heterocycles. The van der Waals surface area contributed by atoms with Gasteiger partial charge in [-0.05, 0) is 77.2 Å². The van der Waals surface area contributed by atoms with Crippen LogP contribution in [0, 0.1) is 0 Å². The first kappa shape index (κ1) is 35.2. The average Bonchev–Trinajstić information content (AvgIpc) is 3.09. The van der Waals surface area contributed by atoms with Gasteiger partial charge in [-0.1, -0.05) is 91.0 Å². The number of hydrogen-bond donors (Lipinski definition) is 4. The van der Waals surface area contributed by atoms with Crippen LogP contribution in [0.1, 0.15) is 16.7 Å². The number of primary sulfonamides is 1. The van der Waals surface area contributed by atoms with Crippen molar-refractivity contribution in [2.75, 3.05) is 23.6 Å². The van der Waals surface area contributed by atoms with Gasteiger partial charge in [0.2, 0.25) is 21.9 Å². The molecule has 0 aromatic heterocycles. The van der Waals surface area contributed by atoms with E-state index >= 15 is 0 Å². The van der Waals surface area contributed by atoms with E-state index in [2.05, 4.69) is 46.4 Å². The summed E-state index contributed by atoms with van der Waals surface area (Å²) in [6.07, 6.45) is 0. The maximum Gasteiger partial charge on any atom is 0.261 e. The molecule has 252 valence electrons. The Bertz CT molecular complexity index is 2040. The lowest BCUT2D eigenvalue weighted by Gasteiger charge is -2.33. The van der Waals surface area contributed by atoms with Crippen molar-refractivity contribution in [2.24, 2.45) is 15.3 Å². The zero-order chi connectivity index (χ0) is 35.1. The maximum atomic E-state index is 13.0. The molecule has 0 heterocycles. The normalized spacial score (nSPS) is 12.2. The number of nitrogens with one attached hydrogen (secondary N) is 2. The molecule has 0 atom stereocenters. The van der Waals surface area contributed by atoms with Gasteiger partial charge in [-0.2, -0.15) is 4.40 Å².